The highest BCUT2D eigenvalue weighted by Gasteiger charge is 2.15. The average Bonchev–Trinajstić information content (AvgIpc) is 2.78. The first-order valence-electron chi connectivity index (χ1n) is 9.28. The van der Waals surface area contributed by atoms with Crippen molar-refractivity contribution in [1.29, 1.82) is 0 Å². The summed E-state index contributed by atoms with van der Waals surface area (Å²) >= 11 is 0. The van der Waals surface area contributed by atoms with E-state index in [1.807, 2.05) is 24.3 Å². The van der Waals surface area contributed by atoms with Crippen LogP contribution in [0.15, 0.2) is 48.7 Å². The monoisotopic (exact) mass is 408 g/mol. The summed E-state index contributed by atoms with van der Waals surface area (Å²) in [6, 6.07) is 12.9. The third kappa shape index (κ3) is 4.78. The number of para-hydroxylation sites is 1. The van der Waals surface area contributed by atoms with Crippen molar-refractivity contribution in [1.82, 2.24) is 9.97 Å². The molecule has 0 unspecified atom stereocenters. The number of hydrogen-bond acceptors (Lipinski definition) is 7. The Morgan fingerprint density at radius 2 is 1.77 bits per heavy atom. The Bertz CT molecular complexity index is 1040. The Hall–Kier alpha value is -3.81. The van der Waals surface area contributed by atoms with Crippen molar-refractivity contribution < 1.29 is 19.0 Å². The first kappa shape index (κ1) is 20.9. The van der Waals surface area contributed by atoms with E-state index in [1.54, 1.807) is 39.3 Å². The number of aromatic nitrogens is 2. The fraction of sp³-hybridized carbons (Fsp3) is 0.227. The van der Waals surface area contributed by atoms with Crippen LogP contribution in [-0.2, 0) is 6.54 Å². The fourth-order valence-corrected chi connectivity index (χ4v) is 2.89. The Kier molecular flexibility index (Phi) is 6.69. The van der Waals surface area contributed by atoms with Crippen LogP contribution in [0, 0.1) is 6.92 Å². The molecule has 1 amide bonds. The number of anilines is 2. The van der Waals surface area contributed by atoms with Gasteiger partial charge in [-0.15, -0.1) is 0 Å². The van der Waals surface area contributed by atoms with E-state index in [9.17, 15) is 4.79 Å². The van der Waals surface area contributed by atoms with Crippen LogP contribution in [0.3, 0.4) is 0 Å². The normalized spacial score (nSPS) is 10.3. The van der Waals surface area contributed by atoms with Gasteiger partial charge in [-0.25, -0.2) is 9.97 Å². The van der Waals surface area contributed by atoms with Crippen molar-refractivity contribution in [3.8, 4) is 17.2 Å². The Morgan fingerprint density at radius 1 is 1.00 bits per heavy atom. The van der Waals surface area contributed by atoms with E-state index >= 15 is 0 Å². The largest absolute Gasteiger partial charge is 0.497 e. The van der Waals surface area contributed by atoms with Gasteiger partial charge in [0.1, 0.15) is 17.2 Å². The summed E-state index contributed by atoms with van der Waals surface area (Å²) in [5.41, 5.74) is 2.43. The summed E-state index contributed by atoms with van der Waals surface area (Å²) in [6.45, 7) is 2.26. The molecule has 1 aromatic heterocycles. The second-order valence-electron chi connectivity index (χ2n) is 6.38. The van der Waals surface area contributed by atoms with E-state index in [0.29, 0.717) is 40.9 Å². The number of nitrogens with zero attached hydrogens (tertiary/aromatic N) is 2. The summed E-state index contributed by atoms with van der Waals surface area (Å²) in [5.74, 6) is 2.02. The third-order valence-electron chi connectivity index (χ3n) is 4.51. The van der Waals surface area contributed by atoms with Crippen LogP contribution in [0.5, 0.6) is 17.2 Å². The molecular formula is C22H24N4O4. The van der Waals surface area contributed by atoms with E-state index in [4.69, 9.17) is 14.2 Å². The number of carbonyl (C=O) groups is 1. The SMILES string of the molecule is COc1ccc(NC(=O)c2cnc(NCc3ccccc3OC)nc2C)c(OC)c1. The zero-order valence-electron chi connectivity index (χ0n) is 17.4. The zero-order chi connectivity index (χ0) is 21.5. The highest BCUT2D eigenvalue weighted by molar-refractivity contribution is 6.05. The van der Waals surface area contributed by atoms with Crippen LogP contribution < -0.4 is 24.8 Å². The zero-order valence-corrected chi connectivity index (χ0v) is 17.4. The van der Waals surface area contributed by atoms with Crippen molar-refractivity contribution in [2.24, 2.45) is 0 Å². The Balaban J connectivity index is 1.71. The molecule has 1 heterocycles. The topological polar surface area (TPSA) is 94.6 Å². The van der Waals surface area contributed by atoms with Gasteiger partial charge in [0.2, 0.25) is 5.95 Å². The highest BCUT2D eigenvalue weighted by atomic mass is 16.5. The lowest BCUT2D eigenvalue weighted by Crippen LogP contribution is -2.16. The molecule has 3 rings (SSSR count). The molecular weight excluding hydrogens is 384 g/mol. The average molecular weight is 408 g/mol. The lowest BCUT2D eigenvalue weighted by molar-refractivity contribution is 0.102. The predicted molar refractivity (Wildman–Crippen MR) is 115 cm³/mol. The molecule has 0 spiro atoms. The standard InChI is InChI=1S/C22H24N4O4/c1-14-17(21(27)26-18-10-9-16(28-2)11-20(18)30-4)13-24-22(25-14)23-12-15-7-5-6-8-19(15)29-3/h5-11,13H,12H2,1-4H3,(H,26,27)(H,23,24,25). The Morgan fingerprint density at radius 3 is 2.47 bits per heavy atom. The molecule has 0 aliphatic carbocycles. The first-order valence-corrected chi connectivity index (χ1v) is 9.28. The van der Waals surface area contributed by atoms with Crippen molar-refractivity contribution in [3.05, 3.63) is 65.5 Å². The lowest BCUT2D eigenvalue weighted by atomic mass is 10.2. The maximum absolute atomic E-state index is 12.7. The molecule has 0 aliphatic heterocycles. The minimum Gasteiger partial charge on any atom is -0.497 e. The molecule has 8 heteroatoms. The van der Waals surface area contributed by atoms with Crippen LogP contribution in [-0.4, -0.2) is 37.2 Å². The highest BCUT2D eigenvalue weighted by Crippen LogP contribution is 2.29. The molecule has 0 aliphatic rings. The quantitative estimate of drug-likeness (QED) is 0.587. The van der Waals surface area contributed by atoms with E-state index in [2.05, 4.69) is 20.6 Å². The third-order valence-corrected chi connectivity index (χ3v) is 4.51. The van der Waals surface area contributed by atoms with Gasteiger partial charge in [0.05, 0.1) is 38.3 Å². The van der Waals surface area contributed by atoms with E-state index in [-0.39, 0.29) is 5.91 Å². The summed E-state index contributed by atoms with van der Waals surface area (Å²) in [4.78, 5) is 21.4. The summed E-state index contributed by atoms with van der Waals surface area (Å²) in [6.07, 6.45) is 1.50. The number of aryl methyl sites for hydroxylation is 1. The first-order chi connectivity index (χ1) is 14.5. The molecule has 156 valence electrons. The molecule has 0 fully saturated rings. The molecule has 0 saturated heterocycles. The smallest absolute Gasteiger partial charge is 0.259 e. The van der Waals surface area contributed by atoms with Gasteiger partial charge < -0.3 is 24.8 Å². The van der Waals surface area contributed by atoms with Gasteiger partial charge in [0.15, 0.2) is 0 Å². The van der Waals surface area contributed by atoms with Gasteiger partial charge in [-0.05, 0) is 25.1 Å². The van der Waals surface area contributed by atoms with Crippen LogP contribution >= 0.6 is 0 Å². The van der Waals surface area contributed by atoms with Crippen molar-refractivity contribution in [2.45, 2.75) is 13.5 Å². The number of amides is 1. The molecule has 0 atom stereocenters. The molecule has 3 aromatic rings. The Labute approximate surface area is 175 Å². The van der Waals surface area contributed by atoms with Crippen molar-refractivity contribution >= 4 is 17.5 Å². The number of ether oxygens (including phenoxy) is 3. The molecule has 2 N–H and O–H groups in total. The molecule has 0 radical (unpaired) electrons. The fourth-order valence-electron chi connectivity index (χ4n) is 2.89. The van der Waals surface area contributed by atoms with E-state index < -0.39 is 0 Å². The minimum absolute atomic E-state index is 0.327. The molecule has 30 heavy (non-hydrogen) atoms. The van der Waals surface area contributed by atoms with Crippen LogP contribution in [0.4, 0.5) is 11.6 Å². The number of benzene rings is 2. The molecule has 2 aromatic carbocycles. The van der Waals surface area contributed by atoms with Gasteiger partial charge in [-0.1, -0.05) is 18.2 Å². The molecule has 0 bridgehead atoms. The minimum atomic E-state index is -0.327. The van der Waals surface area contributed by atoms with Gasteiger partial charge in [-0.2, -0.15) is 0 Å². The maximum Gasteiger partial charge on any atom is 0.259 e. The van der Waals surface area contributed by atoms with Gasteiger partial charge in [-0.3, -0.25) is 4.79 Å². The summed E-state index contributed by atoms with van der Waals surface area (Å²) in [7, 11) is 4.73. The second-order valence-corrected chi connectivity index (χ2v) is 6.38. The predicted octanol–water partition coefficient (Wildman–Crippen LogP) is 3.68. The summed E-state index contributed by atoms with van der Waals surface area (Å²) < 4.78 is 15.8. The van der Waals surface area contributed by atoms with Gasteiger partial charge >= 0.3 is 0 Å². The molecule has 8 nitrogen and oxygen atoms in total. The van der Waals surface area contributed by atoms with Gasteiger partial charge in [0.25, 0.3) is 5.91 Å². The van der Waals surface area contributed by atoms with E-state index in [1.165, 1.54) is 13.3 Å². The number of nitrogens with one attached hydrogen (secondary N) is 2. The number of carbonyl (C=O) groups excluding carboxylic acids is 1. The maximum atomic E-state index is 12.7. The van der Waals surface area contributed by atoms with Crippen LogP contribution in [0.1, 0.15) is 21.6 Å². The summed E-state index contributed by atoms with van der Waals surface area (Å²) in [5, 5.41) is 5.98. The second kappa shape index (κ2) is 9.60. The van der Waals surface area contributed by atoms with Gasteiger partial charge in [0, 0.05) is 24.4 Å². The van der Waals surface area contributed by atoms with Crippen LogP contribution in [0.25, 0.3) is 0 Å². The van der Waals surface area contributed by atoms with E-state index in [0.717, 1.165) is 11.3 Å². The van der Waals surface area contributed by atoms with Crippen molar-refractivity contribution in [3.63, 3.8) is 0 Å². The lowest BCUT2D eigenvalue weighted by Gasteiger charge is -2.13. The number of methoxy groups -OCH3 is 3. The molecule has 0 saturated carbocycles. The van der Waals surface area contributed by atoms with Crippen molar-refractivity contribution in [2.75, 3.05) is 32.0 Å². The number of rotatable bonds is 8. The van der Waals surface area contributed by atoms with Crippen LogP contribution in [0.2, 0.25) is 0 Å². The number of hydrogen-bond donors (Lipinski definition) is 2.